The number of hydrogen-bond acceptors (Lipinski definition) is 2. The zero-order valence-corrected chi connectivity index (χ0v) is 11.4. The van der Waals surface area contributed by atoms with E-state index in [0.29, 0.717) is 5.69 Å². The lowest BCUT2D eigenvalue weighted by Gasteiger charge is -2.17. The van der Waals surface area contributed by atoms with Gasteiger partial charge in [0.2, 0.25) is 0 Å². The monoisotopic (exact) mass is 295 g/mol. The van der Waals surface area contributed by atoms with Crippen LogP contribution < -0.4 is 5.43 Å². The number of aryl methyl sites for hydroxylation is 1. The van der Waals surface area contributed by atoms with Gasteiger partial charge in [-0.05, 0) is 26.0 Å². The largest absolute Gasteiger partial charge is 0.418 e. The van der Waals surface area contributed by atoms with E-state index < -0.39 is 23.0 Å². The lowest BCUT2D eigenvalue weighted by molar-refractivity contribution is -0.137. The molecule has 110 valence electrons. The fourth-order valence-corrected chi connectivity index (χ4v) is 2.08. The van der Waals surface area contributed by atoms with Crippen molar-refractivity contribution in [1.29, 1.82) is 0 Å². The van der Waals surface area contributed by atoms with Gasteiger partial charge in [-0.25, -0.2) is 0 Å². The second kappa shape index (κ2) is 5.20. The van der Waals surface area contributed by atoms with Crippen molar-refractivity contribution in [2.75, 3.05) is 0 Å². The average Bonchev–Trinajstić information content (AvgIpc) is 2.37. The molecular formula is C15H12F3NO2. The summed E-state index contributed by atoms with van der Waals surface area (Å²) >= 11 is 0. The number of rotatable bonds is 2. The minimum absolute atomic E-state index is 0.120. The Kier molecular flexibility index (Phi) is 3.72. The first-order chi connectivity index (χ1) is 9.71. The predicted molar refractivity (Wildman–Crippen MR) is 71.8 cm³/mol. The van der Waals surface area contributed by atoms with Gasteiger partial charge >= 0.3 is 6.18 Å². The van der Waals surface area contributed by atoms with E-state index in [9.17, 15) is 22.8 Å². The summed E-state index contributed by atoms with van der Waals surface area (Å²) in [4.78, 5) is 23.1. The van der Waals surface area contributed by atoms with Crippen molar-refractivity contribution in [2.24, 2.45) is 0 Å². The van der Waals surface area contributed by atoms with E-state index in [1.165, 1.54) is 36.6 Å². The number of benzene rings is 1. The molecule has 0 radical (unpaired) electrons. The first-order valence-electron chi connectivity index (χ1n) is 6.12. The van der Waals surface area contributed by atoms with Crippen LogP contribution in [0, 0.1) is 6.92 Å². The molecule has 1 aromatic heterocycles. The second-order valence-corrected chi connectivity index (χ2v) is 4.63. The lowest BCUT2D eigenvalue weighted by atomic mass is 10.1. The molecule has 21 heavy (non-hydrogen) atoms. The first-order valence-corrected chi connectivity index (χ1v) is 6.12. The van der Waals surface area contributed by atoms with Crippen molar-refractivity contribution >= 4 is 5.78 Å². The maximum Gasteiger partial charge on any atom is 0.418 e. The van der Waals surface area contributed by atoms with Gasteiger partial charge in [-0.2, -0.15) is 13.2 Å². The number of pyridine rings is 1. The van der Waals surface area contributed by atoms with Gasteiger partial charge in [-0.1, -0.05) is 12.1 Å². The number of para-hydroxylation sites is 1. The van der Waals surface area contributed by atoms with Crippen LogP contribution in [0.3, 0.4) is 0 Å². The minimum Gasteiger partial charge on any atom is -0.320 e. The number of halogens is 3. The summed E-state index contributed by atoms with van der Waals surface area (Å²) in [5.41, 5.74) is -1.27. The number of hydrogen-bond donors (Lipinski definition) is 0. The van der Waals surface area contributed by atoms with Crippen LogP contribution in [0.2, 0.25) is 0 Å². The van der Waals surface area contributed by atoms with E-state index in [0.717, 1.165) is 18.3 Å². The summed E-state index contributed by atoms with van der Waals surface area (Å²) in [7, 11) is 0. The van der Waals surface area contributed by atoms with E-state index >= 15 is 0 Å². The Morgan fingerprint density at radius 1 is 1.19 bits per heavy atom. The molecular weight excluding hydrogens is 283 g/mol. The Balaban J connectivity index is 2.77. The van der Waals surface area contributed by atoms with E-state index in [1.54, 1.807) is 0 Å². The summed E-state index contributed by atoms with van der Waals surface area (Å²) in [5, 5.41) is 0. The van der Waals surface area contributed by atoms with Gasteiger partial charge in [0.25, 0.3) is 0 Å². The molecule has 0 unspecified atom stereocenters. The summed E-state index contributed by atoms with van der Waals surface area (Å²) in [6, 6.07) is 6.17. The maximum absolute atomic E-state index is 13.1. The van der Waals surface area contributed by atoms with Crippen molar-refractivity contribution in [1.82, 2.24) is 4.57 Å². The molecule has 0 bridgehead atoms. The Hall–Kier alpha value is -2.37. The molecule has 0 atom stereocenters. The molecule has 0 aliphatic carbocycles. The SMILES string of the molecule is CC(=O)c1cn(-c2ccccc2C(F)(F)F)c(C)cc1=O. The molecule has 1 heterocycles. The zero-order valence-electron chi connectivity index (χ0n) is 11.4. The third-order valence-corrected chi connectivity index (χ3v) is 3.09. The molecule has 0 fully saturated rings. The van der Waals surface area contributed by atoms with Gasteiger partial charge in [0.1, 0.15) is 0 Å². The van der Waals surface area contributed by atoms with Crippen LogP contribution in [0.1, 0.15) is 28.5 Å². The number of aromatic nitrogens is 1. The standard InChI is InChI=1S/C15H12F3NO2/c1-9-7-14(21)11(10(2)20)8-19(9)13-6-4-3-5-12(13)15(16,17)18/h3-8H,1-2H3. The van der Waals surface area contributed by atoms with Crippen LogP contribution in [-0.2, 0) is 6.18 Å². The normalized spacial score (nSPS) is 11.5. The Morgan fingerprint density at radius 3 is 2.38 bits per heavy atom. The van der Waals surface area contributed by atoms with E-state index in [2.05, 4.69) is 0 Å². The van der Waals surface area contributed by atoms with Crippen LogP contribution in [-0.4, -0.2) is 10.4 Å². The number of Topliss-reactive ketones (excluding diaryl/α,β-unsaturated/α-hetero) is 1. The third kappa shape index (κ3) is 2.89. The Morgan fingerprint density at radius 2 is 1.81 bits per heavy atom. The quantitative estimate of drug-likeness (QED) is 0.797. The molecule has 2 rings (SSSR count). The Labute approximate surface area is 118 Å². The summed E-state index contributed by atoms with van der Waals surface area (Å²) in [6.45, 7) is 2.71. The number of alkyl halides is 3. The van der Waals surface area contributed by atoms with Gasteiger partial charge in [0.15, 0.2) is 11.2 Å². The van der Waals surface area contributed by atoms with Gasteiger partial charge in [0, 0.05) is 18.0 Å². The summed E-state index contributed by atoms with van der Waals surface area (Å²) in [5.74, 6) is -0.488. The highest BCUT2D eigenvalue weighted by Crippen LogP contribution is 2.33. The third-order valence-electron chi connectivity index (χ3n) is 3.09. The van der Waals surface area contributed by atoms with Gasteiger partial charge in [-0.15, -0.1) is 0 Å². The first kappa shape index (κ1) is 15.0. The predicted octanol–water partition coefficient (Wildman–Crippen LogP) is 3.37. The van der Waals surface area contributed by atoms with E-state index in [1.807, 2.05) is 0 Å². The Bertz CT molecular complexity index is 760. The molecule has 1 aromatic carbocycles. The van der Waals surface area contributed by atoms with Crippen molar-refractivity contribution in [3.8, 4) is 5.69 Å². The molecule has 0 aliphatic heterocycles. The van der Waals surface area contributed by atoms with Crippen LogP contribution in [0.25, 0.3) is 5.69 Å². The summed E-state index contributed by atoms with van der Waals surface area (Å²) in [6.07, 6.45) is -3.37. The van der Waals surface area contributed by atoms with Crippen molar-refractivity contribution in [3.63, 3.8) is 0 Å². The van der Waals surface area contributed by atoms with Gasteiger partial charge < -0.3 is 4.57 Å². The van der Waals surface area contributed by atoms with Gasteiger partial charge in [-0.3, -0.25) is 9.59 Å². The second-order valence-electron chi connectivity index (χ2n) is 4.63. The van der Waals surface area contributed by atoms with Crippen LogP contribution >= 0.6 is 0 Å². The highest BCUT2D eigenvalue weighted by Gasteiger charge is 2.33. The smallest absolute Gasteiger partial charge is 0.320 e. The van der Waals surface area contributed by atoms with E-state index in [-0.39, 0.29) is 11.3 Å². The summed E-state index contributed by atoms with van der Waals surface area (Å²) < 4.78 is 40.4. The molecule has 0 saturated heterocycles. The highest BCUT2D eigenvalue weighted by molar-refractivity contribution is 5.93. The van der Waals surface area contributed by atoms with Crippen molar-refractivity contribution in [2.45, 2.75) is 20.0 Å². The number of carbonyl (C=O) groups excluding carboxylic acids is 1. The number of carbonyl (C=O) groups is 1. The van der Waals surface area contributed by atoms with Crippen LogP contribution in [0.5, 0.6) is 0 Å². The number of nitrogens with zero attached hydrogens (tertiary/aromatic N) is 1. The molecule has 0 N–H and O–H groups in total. The lowest BCUT2D eigenvalue weighted by Crippen LogP contribution is -2.19. The molecule has 3 nitrogen and oxygen atoms in total. The molecule has 2 aromatic rings. The van der Waals surface area contributed by atoms with Crippen LogP contribution in [0.4, 0.5) is 13.2 Å². The fourth-order valence-electron chi connectivity index (χ4n) is 2.08. The molecule has 6 heteroatoms. The molecule has 0 aliphatic rings. The molecule has 0 saturated carbocycles. The van der Waals surface area contributed by atoms with Gasteiger partial charge in [0.05, 0.1) is 16.8 Å². The highest BCUT2D eigenvalue weighted by atomic mass is 19.4. The van der Waals surface area contributed by atoms with E-state index in [4.69, 9.17) is 0 Å². The molecule has 0 amide bonds. The topological polar surface area (TPSA) is 39.1 Å². The molecule has 0 spiro atoms. The zero-order chi connectivity index (χ0) is 15.8. The maximum atomic E-state index is 13.1. The van der Waals surface area contributed by atoms with Crippen molar-refractivity contribution < 1.29 is 18.0 Å². The number of ketones is 1. The average molecular weight is 295 g/mol. The van der Waals surface area contributed by atoms with Crippen LogP contribution in [0.15, 0.2) is 41.3 Å². The fraction of sp³-hybridized carbons (Fsp3) is 0.200. The minimum atomic E-state index is -4.53. The van der Waals surface area contributed by atoms with Crippen molar-refractivity contribution in [3.05, 3.63) is 63.6 Å².